The number of hydrogen-bond donors (Lipinski definition) is 1. The Balaban J connectivity index is 1.96. The molecule has 1 unspecified atom stereocenters. The van der Waals surface area contributed by atoms with Gasteiger partial charge in [0.1, 0.15) is 5.82 Å². The molecular formula is C12H14FN3O2S. The maximum Gasteiger partial charge on any atom is 0.201 e. The fraction of sp³-hybridized carbons (Fsp3) is 0.417. The molecule has 0 radical (unpaired) electrons. The highest BCUT2D eigenvalue weighted by molar-refractivity contribution is 7.91. The highest BCUT2D eigenvalue weighted by Crippen LogP contribution is 2.25. The first-order valence-electron chi connectivity index (χ1n) is 6.06. The van der Waals surface area contributed by atoms with Crippen LogP contribution in [0.3, 0.4) is 0 Å². The van der Waals surface area contributed by atoms with Crippen LogP contribution in [-0.2, 0) is 16.4 Å². The number of nitrogens with two attached hydrogens (primary N) is 1. The quantitative estimate of drug-likeness (QED) is 0.898. The van der Waals surface area contributed by atoms with E-state index < -0.39 is 9.84 Å². The van der Waals surface area contributed by atoms with Crippen molar-refractivity contribution in [2.24, 2.45) is 5.92 Å². The maximum absolute atomic E-state index is 13.3. The van der Waals surface area contributed by atoms with E-state index in [1.54, 1.807) is 10.6 Å². The van der Waals surface area contributed by atoms with Crippen LogP contribution in [-0.4, -0.2) is 29.5 Å². The van der Waals surface area contributed by atoms with Crippen LogP contribution in [0.4, 0.5) is 10.3 Å². The molecule has 7 heteroatoms. The van der Waals surface area contributed by atoms with Crippen molar-refractivity contribution < 1.29 is 12.8 Å². The van der Waals surface area contributed by atoms with Gasteiger partial charge >= 0.3 is 0 Å². The zero-order chi connectivity index (χ0) is 13.6. The van der Waals surface area contributed by atoms with E-state index in [9.17, 15) is 12.8 Å². The van der Waals surface area contributed by atoms with Gasteiger partial charge in [-0.15, -0.1) is 0 Å². The predicted molar refractivity (Wildman–Crippen MR) is 70.9 cm³/mol. The first-order valence-corrected chi connectivity index (χ1v) is 7.88. The Morgan fingerprint density at radius 2 is 2.26 bits per heavy atom. The van der Waals surface area contributed by atoms with E-state index in [1.165, 1.54) is 12.1 Å². The van der Waals surface area contributed by atoms with Crippen LogP contribution in [0.25, 0.3) is 11.0 Å². The smallest absolute Gasteiger partial charge is 0.201 e. The summed E-state index contributed by atoms with van der Waals surface area (Å²) in [6.45, 7) is 0.463. The number of anilines is 1. The van der Waals surface area contributed by atoms with Crippen molar-refractivity contribution in [1.29, 1.82) is 0 Å². The van der Waals surface area contributed by atoms with Gasteiger partial charge in [-0.2, -0.15) is 0 Å². The number of hydrogen-bond acceptors (Lipinski definition) is 4. The highest BCUT2D eigenvalue weighted by atomic mass is 32.2. The summed E-state index contributed by atoms with van der Waals surface area (Å²) in [6.07, 6.45) is 0.622. The van der Waals surface area contributed by atoms with E-state index in [1.807, 2.05) is 0 Å². The Kier molecular flexibility index (Phi) is 2.74. The summed E-state index contributed by atoms with van der Waals surface area (Å²) < 4.78 is 37.9. The SMILES string of the molecule is Nc1nc2ccc(F)cc2n1CC1CCS(=O)(=O)C1. The van der Waals surface area contributed by atoms with Crippen LogP contribution < -0.4 is 5.73 Å². The Morgan fingerprint density at radius 1 is 1.47 bits per heavy atom. The number of nitrogens with zero attached hydrogens (tertiary/aromatic N) is 2. The van der Waals surface area contributed by atoms with E-state index in [0.29, 0.717) is 29.9 Å². The Labute approximate surface area is 110 Å². The van der Waals surface area contributed by atoms with Crippen molar-refractivity contribution >= 4 is 26.8 Å². The van der Waals surface area contributed by atoms with Crippen LogP contribution in [0.15, 0.2) is 18.2 Å². The molecule has 5 nitrogen and oxygen atoms in total. The van der Waals surface area contributed by atoms with Gasteiger partial charge in [0.2, 0.25) is 5.95 Å². The first-order chi connectivity index (χ1) is 8.94. The van der Waals surface area contributed by atoms with Crippen molar-refractivity contribution in [3.8, 4) is 0 Å². The second-order valence-electron chi connectivity index (χ2n) is 4.98. The average Bonchev–Trinajstić information content (AvgIpc) is 2.81. The molecule has 1 aromatic carbocycles. The second kappa shape index (κ2) is 4.19. The molecule has 2 aromatic rings. The lowest BCUT2D eigenvalue weighted by Gasteiger charge is -2.11. The topological polar surface area (TPSA) is 78.0 Å². The summed E-state index contributed by atoms with van der Waals surface area (Å²) in [5.74, 6) is 0.352. The standard InChI is InChI=1S/C12H14FN3O2S/c13-9-1-2-10-11(5-9)16(12(14)15-10)6-8-3-4-19(17,18)7-8/h1-2,5,8H,3-4,6-7H2,(H2,14,15). The molecule has 0 spiro atoms. The predicted octanol–water partition coefficient (Wildman–Crippen LogP) is 1.19. The normalized spacial score (nSPS) is 22.1. The monoisotopic (exact) mass is 283 g/mol. The first kappa shape index (κ1) is 12.4. The highest BCUT2D eigenvalue weighted by Gasteiger charge is 2.28. The molecule has 0 amide bonds. The maximum atomic E-state index is 13.3. The van der Waals surface area contributed by atoms with Gasteiger partial charge in [-0.1, -0.05) is 0 Å². The molecule has 2 N–H and O–H groups in total. The number of benzene rings is 1. The molecule has 0 saturated carbocycles. The van der Waals surface area contributed by atoms with E-state index in [2.05, 4.69) is 4.98 Å². The average molecular weight is 283 g/mol. The minimum absolute atomic E-state index is 0.0213. The fourth-order valence-corrected chi connectivity index (χ4v) is 4.43. The van der Waals surface area contributed by atoms with E-state index in [4.69, 9.17) is 5.73 Å². The zero-order valence-electron chi connectivity index (χ0n) is 10.2. The summed E-state index contributed by atoms with van der Waals surface area (Å²) in [5, 5.41) is 0. The Hall–Kier alpha value is -1.63. The minimum atomic E-state index is -2.92. The largest absolute Gasteiger partial charge is 0.369 e. The fourth-order valence-electron chi connectivity index (χ4n) is 2.58. The molecule has 0 aliphatic carbocycles. The van der Waals surface area contributed by atoms with Gasteiger partial charge in [0.15, 0.2) is 9.84 Å². The summed E-state index contributed by atoms with van der Waals surface area (Å²) >= 11 is 0. The van der Waals surface area contributed by atoms with E-state index in [0.717, 1.165) is 0 Å². The summed E-state index contributed by atoms with van der Waals surface area (Å²) in [5.41, 5.74) is 7.07. The molecule has 3 rings (SSSR count). The van der Waals surface area contributed by atoms with Crippen LogP contribution in [0, 0.1) is 11.7 Å². The van der Waals surface area contributed by atoms with Gasteiger partial charge in [-0.25, -0.2) is 17.8 Å². The third-order valence-corrected chi connectivity index (χ3v) is 5.34. The number of rotatable bonds is 2. The third-order valence-electron chi connectivity index (χ3n) is 3.51. The molecule has 2 heterocycles. The van der Waals surface area contributed by atoms with Gasteiger partial charge in [0.05, 0.1) is 22.5 Å². The van der Waals surface area contributed by atoms with Crippen LogP contribution in [0.5, 0.6) is 0 Å². The van der Waals surface area contributed by atoms with Gasteiger partial charge in [0.25, 0.3) is 0 Å². The number of sulfone groups is 1. The number of imidazole rings is 1. The molecule has 0 bridgehead atoms. The lowest BCUT2D eigenvalue weighted by molar-refractivity contribution is 0.502. The van der Waals surface area contributed by atoms with Crippen LogP contribution >= 0.6 is 0 Å². The molecule has 1 aromatic heterocycles. The lowest BCUT2D eigenvalue weighted by Crippen LogP contribution is -2.14. The van der Waals surface area contributed by atoms with Crippen molar-refractivity contribution in [1.82, 2.24) is 9.55 Å². The van der Waals surface area contributed by atoms with Gasteiger partial charge in [0, 0.05) is 6.54 Å². The molecule has 1 aliphatic rings. The van der Waals surface area contributed by atoms with Crippen LogP contribution in [0.2, 0.25) is 0 Å². The molecule has 102 valence electrons. The van der Waals surface area contributed by atoms with E-state index in [-0.39, 0.29) is 23.2 Å². The molecule has 1 fully saturated rings. The number of halogens is 1. The molecular weight excluding hydrogens is 269 g/mol. The van der Waals surface area contributed by atoms with Crippen molar-refractivity contribution in [3.05, 3.63) is 24.0 Å². The van der Waals surface area contributed by atoms with Crippen LogP contribution in [0.1, 0.15) is 6.42 Å². The van der Waals surface area contributed by atoms with Gasteiger partial charge < -0.3 is 10.3 Å². The Bertz CT molecular complexity index is 739. The number of fused-ring (bicyclic) bond motifs is 1. The third kappa shape index (κ3) is 2.30. The lowest BCUT2D eigenvalue weighted by atomic mass is 10.1. The van der Waals surface area contributed by atoms with Crippen molar-refractivity contribution in [2.75, 3.05) is 17.2 Å². The molecule has 19 heavy (non-hydrogen) atoms. The summed E-state index contributed by atoms with van der Waals surface area (Å²) in [7, 11) is -2.92. The molecule has 1 atom stereocenters. The van der Waals surface area contributed by atoms with Gasteiger partial charge in [-0.3, -0.25) is 0 Å². The Morgan fingerprint density at radius 3 is 2.95 bits per heavy atom. The van der Waals surface area contributed by atoms with E-state index >= 15 is 0 Å². The van der Waals surface area contributed by atoms with Crippen molar-refractivity contribution in [2.45, 2.75) is 13.0 Å². The van der Waals surface area contributed by atoms with Crippen molar-refractivity contribution in [3.63, 3.8) is 0 Å². The molecule has 1 aliphatic heterocycles. The summed E-state index contributed by atoms with van der Waals surface area (Å²) in [6, 6.07) is 4.28. The summed E-state index contributed by atoms with van der Waals surface area (Å²) in [4.78, 5) is 4.16. The number of nitrogen functional groups attached to an aromatic ring is 1. The van der Waals surface area contributed by atoms with Gasteiger partial charge in [-0.05, 0) is 30.5 Å². The molecule has 1 saturated heterocycles. The minimum Gasteiger partial charge on any atom is -0.369 e. The number of aromatic nitrogens is 2. The second-order valence-corrected chi connectivity index (χ2v) is 7.21. The zero-order valence-corrected chi connectivity index (χ0v) is 11.0.